The van der Waals surface area contributed by atoms with Gasteiger partial charge in [-0.05, 0) is 0 Å². The second-order valence-electron chi connectivity index (χ2n) is 2.40. The Morgan fingerprint density at radius 2 is 1.60 bits per heavy atom. The largest absolute Gasteiger partial charge is 0.389 e. The van der Waals surface area contributed by atoms with Gasteiger partial charge in [0, 0.05) is 6.54 Å². The van der Waals surface area contributed by atoms with Crippen molar-refractivity contribution in [3.8, 4) is 0 Å². The maximum Gasteiger partial charge on any atom is 0.133 e. The monoisotopic (exact) mass is 149 g/mol. The number of aliphatic hydroxyl groups is 4. The first kappa shape index (κ1) is 7.90. The molecular formula is C5H11NO4. The van der Waals surface area contributed by atoms with Crippen LogP contribution in [0.15, 0.2) is 0 Å². The molecule has 0 aromatic heterocycles. The topological polar surface area (TPSA) is 93.0 Å². The Balaban J connectivity index is 2.52. The van der Waals surface area contributed by atoms with E-state index in [1.54, 1.807) is 0 Å². The molecule has 5 nitrogen and oxygen atoms in total. The zero-order chi connectivity index (χ0) is 7.72. The Hall–Kier alpha value is -0.200. The lowest BCUT2D eigenvalue weighted by molar-refractivity contribution is -0.139. The average Bonchev–Trinajstić information content (AvgIpc) is 1.93. The zero-order valence-corrected chi connectivity index (χ0v) is 5.31. The van der Waals surface area contributed by atoms with Crippen LogP contribution in [0.25, 0.3) is 0 Å². The summed E-state index contributed by atoms with van der Waals surface area (Å²) in [5, 5.41) is 37.9. The molecule has 1 heterocycles. The van der Waals surface area contributed by atoms with Crippen LogP contribution in [0.3, 0.4) is 0 Å². The summed E-state index contributed by atoms with van der Waals surface area (Å²) in [5.41, 5.74) is 0. The third-order valence-electron chi connectivity index (χ3n) is 1.60. The molecule has 0 saturated carbocycles. The maximum absolute atomic E-state index is 8.92. The second-order valence-corrected chi connectivity index (χ2v) is 2.40. The Morgan fingerprint density at radius 3 is 2.10 bits per heavy atom. The van der Waals surface area contributed by atoms with Gasteiger partial charge in [-0.25, -0.2) is 0 Å². The molecule has 0 bridgehead atoms. The van der Waals surface area contributed by atoms with Crippen LogP contribution >= 0.6 is 0 Å². The van der Waals surface area contributed by atoms with Crippen LogP contribution in [-0.2, 0) is 0 Å². The lowest BCUT2D eigenvalue weighted by atomic mass is 10.0. The number of β-amino-alcohol motifs (C(OH)–C–C–N with tert-alkyl or cyclic N) is 1. The van der Waals surface area contributed by atoms with Crippen LogP contribution in [0.4, 0.5) is 0 Å². The highest BCUT2D eigenvalue weighted by Gasteiger charge is 2.34. The van der Waals surface area contributed by atoms with Crippen molar-refractivity contribution in [2.75, 3.05) is 6.54 Å². The minimum Gasteiger partial charge on any atom is -0.389 e. The van der Waals surface area contributed by atoms with Gasteiger partial charge in [0.2, 0.25) is 0 Å². The predicted octanol–water partition coefficient (Wildman–Crippen LogP) is -3.01. The van der Waals surface area contributed by atoms with Crippen molar-refractivity contribution in [1.82, 2.24) is 5.32 Å². The first-order chi connectivity index (χ1) is 4.63. The molecule has 0 radical (unpaired) electrons. The molecule has 1 rings (SSSR count). The number of hydrogen-bond donors (Lipinski definition) is 5. The minimum atomic E-state index is -1.30. The molecule has 0 aromatic carbocycles. The average molecular weight is 149 g/mol. The zero-order valence-electron chi connectivity index (χ0n) is 5.31. The second kappa shape index (κ2) is 2.81. The third kappa shape index (κ3) is 1.28. The van der Waals surface area contributed by atoms with Crippen molar-refractivity contribution in [2.45, 2.75) is 24.5 Å². The van der Waals surface area contributed by atoms with Gasteiger partial charge in [0.1, 0.15) is 18.4 Å². The molecule has 1 saturated heterocycles. The maximum atomic E-state index is 8.92. The van der Waals surface area contributed by atoms with Gasteiger partial charge in [0.25, 0.3) is 0 Å². The predicted molar refractivity (Wildman–Crippen MR) is 32.0 cm³/mol. The third-order valence-corrected chi connectivity index (χ3v) is 1.60. The first-order valence-electron chi connectivity index (χ1n) is 3.08. The number of hydrogen-bond acceptors (Lipinski definition) is 5. The van der Waals surface area contributed by atoms with Crippen LogP contribution in [0.5, 0.6) is 0 Å². The summed E-state index contributed by atoms with van der Waals surface area (Å²) in [7, 11) is 0. The highest BCUT2D eigenvalue weighted by atomic mass is 16.4. The van der Waals surface area contributed by atoms with Crippen molar-refractivity contribution in [3.05, 3.63) is 0 Å². The van der Waals surface area contributed by atoms with Crippen molar-refractivity contribution < 1.29 is 20.4 Å². The summed E-state index contributed by atoms with van der Waals surface area (Å²) in [6, 6.07) is 0. The van der Waals surface area contributed by atoms with Gasteiger partial charge in [0.15, 0.2) is 0 Å². The molecule has 5 heteroatoms. The normalized spacial score (nSPS) is 49.2. The summed E-state index contributed by atoms with van der Waals surface area (Å²) in [5.74, 6) is 0. The van der Waals surface area contributed by atoms with Gasteiger partial charge in [-0.1, -0.05) is 0 Å². The number of rotatable bonds is 0. The number of piperidine rings is 1. The van der Waals surface area contributed by atoms with Gasteiger partial charge in [-0.2, -0.15) is 0 Å². The van der Waals surface area contributed by atoms with E-state index in [9.17, 15) is 0 Å². The molecule has 1 aliphatic heterocycles. The van der Waals surface area contributed by atoms with E-state index < -0.39 is 24.5 Å². The summed E-state index contributed by atoms with van der Waals surface area (Å²) in [4.78, 5) is 0. The van der Waals surface area contributed by atoms with Crippen molar-refractivity contribution >= 4 is 0 Å². The molecule has 60 valence electrons. The van der Waals surface area contributed by atoms with Crippen LogP contribution in [0.1, 0.15) is 0 Å². The molecule has 10 heavy (non-hydrogen) atoms. The molecular weight excluding hydrogens is 138 g/mol. The van der Waals surface area contributed by atoms with E-state index in [0.29, 0.717) is 0 Å². The number of nitrogens with one attached hydrogen (secondary N) is 1. The van der Waals surface area contributed by atoms with Gasteiger partial charge >= 0.3 is 0 Å². The van der Waals surface area contributed by atoms with Crippen LogP contribution < -0.4 is 5.32 Å². The summed E-state index contributed by atoms with van der Waals surface area (Å²) >= 11 is 0. The van der Waals surface area contributed by atoms with E-state index in [2.05, 4.69) is 5.32 Å². The van der Waals surface area contributed by atoms with E-state index in [1.165, 1.54) is 0 Å². The molecule has 0 aliphatic carbocycles. The Bertz CT molecular complexity index is 106. The molecule has 0 amide bonds. The van der Waals surface area contributed by atoms with Gasteiger partial charge in [-0.3, -0.25) is 5.32 Å². The fourth-order valence-corrected chi connectivity index (χ4v) is 0.897. The molecule has 1 aliphatic rings. The Kier molecular flexibility index (Phi) is 2.22. The number of aliphatic hydroxyl groups excluding tert-OH is 4. The molecule has 1 fully saturated rings. The Morgan fingerprint density at radius 1 is 1.00 bits per heavy atom. The van der Waals surface area contributed by atoms with E-state index in [0.717, 1.165) is 0 Å². The van der Waals surface area contributed by atoms with E-state index in [4.69, 9.17) is 20.4 Å². The molecule has 0 aromatic rings. The van der Waals surface area contributed by atoms with Crippen LogP contribution in [-0.4, -0.2) is 51.5 Å². The first-order valence-corrected chi connectivity index (χ1v) is 3.08. The van der Waals surface area contributed by atoms with E-state index >= 15 is 0 Å². The fourth-order valence-electron chi connectivity index (χ4n) is 0.897. The Labute approximate surface area is 57.9 Å². The highest BCUT2D eigenvalue weighted by molar-refractivity contribution is 4.86. The van der Waals surface area contributed by atoms with Gasteiger partial charge < -0.3 is 20.4 Å². The van der Waals surface area contributed by atoms with Crippen molar-refractivity contribution in [2.24, 2.45) is 0 Å². The molecule has 4 atom stereocenters. The van der Waals surface area contributed by atoms with Gasteiger partial charge in [0.05, 0.1) is 6.10 Å². The van der Waals surface area contributed by atoms with Gasteiger partial charge in [-0.15, -0.1) is 0 Å². The molecule has 0 spiro atoms. The van der Waals surface area contributed by atoms with Crippen molar-refractivity contribution in [3.63, 3.8) is 0 Å². The highest BCUT2D eigenvalue weighted by Crippen LogP contribution is 2.07. The quantitative estimate of drug-likeness (QED) is 0.253. The van der Waals surface area contributed by atoms with E-state index in [-0.39, 0.29) is 6.54 Å². The lowest BCUT2D eigenvalue weighted by Gasteiger charge is -2.32. The molecule has 5 N–H and O–H groups in total. The summed E-state index contributed by atoms with van der Waals surface area (Å²) in [6.45, 7) is 0.0966. The van der Waals surface area contributed by atoms with Crippen molar-refractivity contribution in [1.29, 1.82) is 0 Å². The van der Waals surface area contributed by atoms with Crippen LogP contribution in [0.2, 0.25) is 0 Å². The van der Waals surface area contributed by atoms with Crippen LogP contribution in [0, 0.1) is 0 Å². The molecule has 0 unspecified atom stereocenters. The minimum absolute atomic E-state index is 0.0966. The standard InChI is InChI=1S/C5H11NO4/c7-2-1-6-5(10)4(9)3(2)8/h2-10H,1H2/t2-,3+,4-,5-/m1/s1. The smallest absolute Gasteiger partial charge is 0.133 e. The SMILES string of the molecule is O[C@@H]1[C@@H](O)[C@@H](O)NC[C@H]1O. The van der Waals surface area contributed by atoms with E-state index in [1.807, 2.05) is 0 Å². The summed E-state index contributed by atoms with van der Waals surface area (Å²) < 4.78 is 0. The summed E-state index contributed by atoms with van der Waals surface area (Å²) in [6.07, 6.45) is -4.70. The fraction of sp³-hybridized carbons (Fsp3) is 1.00. The lowest BCUT2D eigenvalue weighted by Crippen LogP contribution is -2.59.